The summed E-state index contributed by atoms with van der Waals surface area (Å²) in [5.74, 6) is -0.519. The number of aliphatic hydroxyl groups is 1. The van der Waals surface area contributed by atoms with E-state index in [1.807, 2.05) is 6.07 Å². The fourth-order valence-corrected chi connectivity index (χ4v) is 1.49. The van der Waals surface area contributed by atoms with Crippen molar-refractivity contribution in [2.75, 3.05) is 11.9 Å². The summed E-state index contributed by atoms with van der Waals surface area (Å²) in [7, 11) is 0. The van der Waals surface area contributed by atoms with Gasteiger partial charge in [-0.25, -0.2) is 4.39 Å². The average Bonchev–Trinajstić information content (AvgIpc) is 2.25. The van der Waals surface area contributed by atoms with E-state index >= 15 is 0 Å². The summed E-state index contributed by atoms with van der Waals surface area (Å²) >= 11 is 3.00. The van der Waals surface area contributed by atoms with E-state index < -0.39 is 5.82 Å². The SMILES string of the molecule is CC(CO)Nc1ccc(C#N)c(Br)c1F. The summed E-state index contributed by atoms with van der Waals surface area (Å²) in [5.41, 5.74) is 0.511. The monoisotopic (exact) mass is 272 g/mol. The molecule has 0 spiro atoms. The molecule has 0 fully saturated rings. The third-order valence-corrected chi connectivity index (χ3v) is 2.65. The van der Waals surface area contributed by atoms with Crippen LogP contribution in [0.25, 0.3) is 0 Å². The minimum absolute atomic E-state index is 0.0862. The highest BCUT2D eigenvalue weighted by atomic mass is 79.9. The lowest BCUT2D eigenvalue weighted by Gasteiger charge is -2.13. The molecule has 3 nitrogen and oxygen atoms in total. The van der Waals surface area contributed by atoms with Crippen LogP contribution in [0.4, 0.5) is 10.1 Å². The third-order valence-electron chi connectivity index (χ3n) is 1.88. The highest BCUT2D eigenvalue weighted by Crippen LogP contribution is 2.26. The zero-order valence-electron chi connectivity index (χ0n) is 8.09. The first kappa shape index (κ1) is 12.0. The van der Waals surface area contributed by atoms with Gasteiger partial charge in [0.1, 0.15) is 6.07 Å². The van der Waals surface area contributed by atoms with Gasteiger partial charge in [-0.05, 0) is 35.0 Å². The highest BCUT2D eigenvalue weighted by Gasteiger charge is 2.12. The van der Waals surface area contributed by atoms with E-state index in [2.05, 4.69) is 21.2 Å². The molecular weight excluding hydrogens is 263 g/mol. The molecule has 0 saturated heterocycles. The first-order valence-electron chi connectivity index (χ1n) is 4.35. The molecule has 0 aromatic heterocycles. The molecule has 5 heteroatoms. The zero-order valence-corrected chi connectivity index (χ0v) is 9.68. The van der Waals surface area contributed by atoms with E-state index in [0.29, 0.717) is 0 Å². The number of hydrogen-bond donors (Lipinski definition) is 2. The smallest absolute Gasteiger partial charge is 0.161 e. The van der Waals surface area contributed by atoms with Crippen molar-refractivity contribution < 1.29 is 9.50 Å². The largest absolute Gasteiger partial charge is 0.394 e. The Bertz CT molecular complexity index is 403. The molecule has 80 valence electrons. The minimum atomic E-state index is -0.519. The van der Waals surface area contributed by atoms with Gasteiger partial charge in [-0.1, -0.05) is 0 Å². The molecule has 1 aromatic carbocycles. The summed E-state index contributed by atoms with van der Waals surface area (Å²) in [6, 6.07) is 4.62. The number of halogens is 2. The van der Waals surface area contributed by atoms with Gasteiger partial charge in [-0.15, -0.1) is 0 Å². The zero-order chi connectivity index (χ0) is 11.4. The molecule has 0 aliphatic carbocycles. The van der Waals surface area contributed by atoms with Crippen molar-refractivity contribution in [2.24, 2.45) is 0 Å². The van der Waals surface area contributed by atoms with Crippen molar-refractivity contribution in [3.63, 3.8) is 0 Å². The summed E-state index contributed by atoms with van der Waals surface area (Å²) in [6.07, 6.45) is 0. The molecule has 1 atom stereocenters. The number of nitrogens with one attached hydrogen (secondary N) is 1. The van der Waals surface area contributed by atoms with Crippen molar-refractivity contribution in [1.82, 2.24) is 0 Å². The lowest BCUT2D eigenvalue weighted by molar-refractivity contribution is 0.281. The number of benzene rings is 1. The molecule has 0 bridgehead atoms. The molecule has 2 N–H and O–H groups in total. The molecule has 0 heterocycles. The van der Waals surface area contributed by atoms with E-state index in [9.17, 15) is 4.39 Å². The van der Waals surface area contributed by atoms with Gasteiger partial charge in [-0.2, -0.15) is 5.26 Å². The van der Waals surface area contributed by atoms with Crippen LogP contribution in [-0.4, -0.2) is 17.8 Å². The summed E-state index contributed by atoms with van der Waals surface area (Å²) in [4.78, 5) is 0. The maximum absolute atomic E-state index is 13.6. The topological polar surface area (TPSA) is 56.0 Å². The van der Waals surface area contributed by atoms with Gasteiger partial charge < -0.3 is 10.4 Å². The molecule has 0 amide bonds. The number of hydrogen-bond acceptors (Lipinski definition) is 3. The Hall–Kier alpha value is -1.12. The number of nitrogens with zero attached hydrogens (tertiary/aromatic N) is 1. The van der Waals surface area contributed by atoms with E-state index in [-0.39, 0.29) is 28.4 Å². The Morgan fingerprint density at radius 1 is 1.67 bits per heavy atom. The van der Waals surface area contributed by atoms with Crippen LogP contribution in [-0.2, 0) is 0 Å². The van der Waals surface area contributed by atoms with E-state index in [1.54, 1.807) is 6.92 Å². The second kappa shape index (κ2) is 5.10. The Labute approximate surface area is 95.7 Å². The van der Waals surface area contributed by atoms with E-state index in [1.165, 1.54) is 12.1 Å². The standard InChI is InChI=1S/C10H10BrFN2O/c1-6(5-15)14-8-3-2-7(4-13)9(11)10(8)12/h2-3,6,14-15H,5H2,1H3. The normalized spacial score (nSPS) is 11.9. The van der Waals surface area contributed by atoms with Gasteiger partial charge in [0.15, 0.2) is 5.82 Å². The molecule has 1 rings (SSSR count). The van der Waals surface area contributed by atoms with Crippen LogP contribution in [0.1, 0.15) is 12.5 Å². The van der Waals surface area contributed by atoms with E-state index in [4.69, 9.17) is 10.4 Å². The molecule has 1 unspecified atom stereocenters. The molecule has 0 aliphatic heterocycles. The molecule has 0 aliphatic rings. The first-order chi connectivity index (χ1) is 7.10. The molecule has 0 saturated carbocycles. The second-order valence-electron chi connectivity index (χ2n) is 3.13. The Balaban J connectivity index is 3.03. The van der Waals surface area contributed by atoms with Crippen molar-refractivity contribution in [3.8, 4) is 6.07 Å². The second-order valence-corrected chi connectivity index (χ2v) is 3.92. The lowest BCUT2D eigenvalue weighted by atomic mass is 10.2. The Morgan fingerprint density at radius 2 is 2.33 bits per heavy atom. The number of nitriles is 1. The fourth-order valence-electron chi connectivity index (χ4n) is 1.06. The van der Waals surface area contributed by atoms with Crippen LogP contribution >= 0.6 is 15.9 Å². The maximum atomic E-state index is 13.6. The third kappa shape index (κ3) is 2.67. The van der Waals surface area contributed by atoms with Crippen LogP contribution in [0, 0.1) is 17.1 Å². The molecular formula is C10H10BrFN2O. The highest BCUT2D eigenvalue weighted by molar-refractivity contribution is 9.10. The molecule has 0 radical (unpaired) electrons. The predicted octanol–water partition coefficient (Wildman–Crippen LogP) is 2.25. The minimum Gasteiger partial charge on any atom is -0.394 e. The summed E-state index contributed by atoms with van der Waals surface area (Å²) in [6.45, 7) is 1.64. The van der Waals surface area contributed by atoms with Gasteiger partial charge in [0, 0.05) is 6.04 Å². The van der Waals surface area contributed by atoms with Gasteiger partial charge >= 0.3 is 0 Å². The van der Waals surface area contributed by atoms with Crippen LogP contribution < -0.4 is 5.32 Å². The lowest BCUT2D eigenvalue weighted by Crippen LogP contribution is -2.20. The summed E-state index contributed by atoms with van der Waals surface area (Å²) < 4.78 is 13.7. The Kier molecular flexibility index (Phi) is 4.06. The van der Waals surface area contributed by atoms with Crippen LogP contribution in [0.5, 0.6) is 0 Å². The fraction of sp³-hybridized carbons (Fsp3) is 0.300. The van der Waals surface area contributed by atoms with Gasteiger partial charge in [0.2, 0.25) is 0 Å². The predicted molar refractivity (Wildman–Crippen MR) is 59.0 cm³/mol. The molecule has 15 heavy (non-hydrogen) atoms. The summed E-state index contributed by atoms with van der Waals surface area (Å²) in [5, 5.41) is 20.3. The quantitative estimate of drug-likeness (QED) is 0.888. The average molecular weight is 273 g/mol. The van der Waals surface area contributed by atoms with Gasteiger partial charge in [0.25, 0.3) is 0 Å². The van der Waals surface area contributed by atoms with E-state index in [0.717, 1.165) is 0 Å². The van der Waals surface area contributed by atoms with Crippen LogP contribution in [0.2, 0.25) is 0 Å². The number of anilines is 1. The van der Waals surface area contributed by atoms with Crippen LogP contribution in [0.3, 0.4) is 0 Å². The van der Waals surface area contributed by atoms with Crippen molar-refractivity contribution in [2.45, 2.75) is 13.0 Å². The maximum Gasteiger partial charge on any atom is 0.161 e. The van der Waals surface area contributed by atoms with Crippen LogP contribution in [0.15, 0.2) is 16.6 Å². The van der Waals surface area contributed by atoms with Crippen molar-refractivity contribution >= 4 is 21.6 Å². The van der Waals surface area contributed by atoms with Crippen molar-refractivity contribution in [1.29, 1.82) is 5.26 Å². The Morgan fingerprint density at radius 3 is 2.87 bits per heavy atom. The van der Waals surface area contributed by atoms with Gasteiger partial charge in [-0.3, -0.25) is 0 Å². The number of aliphatic hydroxyl groups excluding tert-OH is 1. The van der Waals surface area contributed by atoms with Crippen molar-refractivity contribution in [3.05, 3.63) is 28.0 Å². The first-order valence-corrected chi connectivity index (χ1v) is 5.15. The van der Waals surface area contributed by atoms with Gasteiger partial charge in [0.05, 0.1) is 22.3 Å². The molecule has 1 aromatic rings. The number of rotatable bonds is 3.